The lowest BCUT2D eigenvalue weighted by Gasteiger charge is -2.26. The van der Waals surface area contributed by atoms with E-state index in [2.05, 4.69) is 21.2 Å². The van der Waals surface area contributed by atoms with Crippen LogP contribution in [-0.4, -0.2) is 37.6 Å². The summed E-state index contributed by atoms with van der Waals surface area (Å²) >= 11 is 5.06. The second kappa shape index (κ2) is 14.6. The van der Waals surface area contributed by atoms with Crippen LogP contribution in [-0.2, 0) is 33.0 Å². The van der Waals surface area contributed by atoms with Crippen LogP contribution in [0.25, 0.3) is 0 Å². The highest BCUT2D eigenvalue weighted by Gasteiger charge is 2.31. The largest absolute Gasteiger partial charge is 0.497 e. The summed E-state index contributed by atoms with van der Waals surface area (Å²) in [5.74, 6) is 0.934. The number of thioether (sulfide) groups is 1. The zero-order chi connectivity index (χ0) is 25.8. The number of nitrogens with one attached hydrogen (secondary N) is 1. The van der Waals surface area contributed by atoms with Gasteiger partial charge in [0.15, 0.2) is 0 Å². The summed E-state index contributed by atoms with van der Waals surface area (Å²) in [5.41, 5.74) is 3.09. The first-order chi connectivity index (χ1) is 17.5. The van der Waals surface area contributed by atoms with E-state index < -0.39 is 18.1 Å². The average molecular weight is 573 g/mol. The summed E-state index contributed by atoms with van der Waals surface area (Å²) in [6, 6.07) is 24.4. The van der Waals surface area contributed by atoms with E-state index in [-0.39, 0.29) is 11.9 Å². The van der Waals surface area contributed by atoms with E-state index in [9.17, 15) is 9.59 Å². The zero-order valence-corrected chi connectivity index (χ0v) is 22.7. The molecule has 0 aliphatic rings. The van der Waals surface area contributed by atoms with Crippen molar-refractivity contribution in [1.29, 1.82) is 0 Å². The van der Waals surface area contributed by atoms with Crippen molar-refractivity contribution in [2.45, 2.75) is 36.5 Å². The highest BCUT2D eigenvalue weighted by molar-refractivity contribution is 9.10. The summed E-state index contributed by atoms with van der Waals surface area (Å²) in [6.07, 6.45) is 0.733. The van der Waals surface area contributed by atoms with Gasteiger partial charge in [-0.1, -0.05) is 70.5 Å². The van der Waals surface area contributed by atoms with Gasteiger partial charge in [0, 0.05) is 15.5 Å². The molecule has 0 heterocycles. The van der Waals surface area contributed by atoms with Crippen molar-refractivity contribution in [2.75, 3.05) is 14.2 Å². The van der Waals surface area contributed by atoms with Crippen LogP contribution in [0.5, 0.6) is 5.75 Å². The zero-order valence-electron chi connectivity index (χ0n) is 20.3. The first-order valence-electron chi connectivity index (χ1n) is 11.5. The third kappa shape index (κ3) is 8.91. The van der Waals surface area contributed by atoms with E-state index in [1.807, 2.05) is 78.9 Å². The number of methoxy groups -OCH3 is 2. The van der Waals surface area contributed by atoms with E-state index in [4.69, 9.17) is 14.2 Å². The minimum atomic E-state index is -0.864. The molecule has 0 bridgehead atoms. The van der Waals surface area contributed by atoms with Crippen molar-refractivity contribution in [3.05, 3.63) is 100 Å². The van der Waals surface area contributed by atoms with Crippen molar-refractivity contribution in [3.63, 3.8) is 0 Å². The van der Waals surface area contributed by atoms with Crippen LogP contribution in [0.4, 0.5) is 4.79 Å². The van der Waals surface area contributed by atoms with Crippen molar-refractivity contribution < 1.29 is 23.8 Å². The van der Waals surface area contributed by atoms with Gasteiger partial charge in [0.2, 0.25) is 0 Å². The van der Waals surface area contributed by atoms with Gasteiger partial charge in [0.1, 0.15) is 18.4 Å². The van der Waals surface area contributed by atoms with Gasteiger partial charge < -0.3 is 19.5 Å². The summed E-state index contributed by atoms with van der Waals surface area (Å²) in [5, 5.41) is 2.51. The highest BCUT2D eigenvalue weighted by atomic mass is 79.9. The Bertz CT molecular complexity index is 1090. The lowest BCUT2D eigenvalue weighted by Crippen LogP contribution is -2.48. The number of benzene rings is 3. The molecule has 1 amide bonds. The van der Waals surface area contributed by atoms with Crippen LogP contribution in [0.2, 0.25) is 0 Å². The van der Waals surface area contributed by atoms with Gasteiger partial charge >= 0.3 is 12.1 Å². The maximum atomic E-state index is 12.8. The lowest BCUT2D eigenvalue weighted by atomic mass is 10.0. The predicted molar refractivity (Wildman–Crippen MR) is 146 cm³/mol. The molecular weight excluding hydrogens is 542 g/mol. The summed E-state index contributed by atoms with van der Waals surface area (Å²) < 4.78 is 16.7. The molecule has 2 atom stereocenters. The summed E-state index contributed by atoms with van der Waals surface area (Å²) in [7, 11) is 2.96. The summed E-state index contributed by atoms with van der Waals surface area (Å²) in [6.45, 7) is 0.114. The van der Waals surface area contributed by atoms with Gasteiger partial charge in [-0.3, -0.25) is 0 Å². The first kappa shape index (κ1) is 27.6. The molecule has 3 aromatic rings. The summed E-state index contributed by atoms with van der Waals surface area (Å²) in [4.78, 5) is 25.4. The Morgan fingerprint density at radius 1 is 0.889 bits per heavy atom. The lowest BCUT2D eigenvalue weighted by molar-refractivity contribution is -0.143. The number of esters is 1. The van der Waals surface area contributed by atoms with Crippen LogP contribution in [0, 0.1) is 0 Å². The maximum absolute atomic E-state index is 12.8. The molecule has 0 aliphatic heterocycles. The number of amides is 1. The van der Waals surface area contributed by atoms with Gasteiger partial charge in [0.05, 0.1) is 14.2 Å². The molecule has 1 N–H and O–H groups in total. The third-order valence-corrected chi connectivity index (χ3v) is 7.53. The highest BCUT2D eigenvalue weighted by Crippen LogP contribution is 2.27. The van der Waals surface area contributed by atoms with Crippen LogP contribution in [0.3, 0.4) is 0 Å². The number of halogens is 1. The smallest absolute Gasteiger partial charge is 0.408 e. The quantitative estimate of drug-likeness (QED) is 0.262. The van der Waals surface area contributed by atoms with E-state index in [1.54, 1.807) is 18.9 Å². The molecule has 0 aliphatic carbocycles. The van der Waals surface area contributed by atoms with Gasteiger partial charge in [-0.2, -0.15) is 11.8 Å². The fourth-order valence-electron chi connectivity index (χ4n) is 3.55. The van der Waals surface area contributed by atoms with Crippen LogP contribution in [0.1, 0.15) is 23.1 Å². The Morgan fingerprint density at radius 2 is 1.56 bits per heavy atom. The topological polar surface area (TPSA) is 73.9 Å². The minimum absolute atomic E-state index is 0.114. The van der Waals surface area contributed by atoms with E-state index in [1.165, 1.54) is 7.11 Å². The molecule has 190 valence electrons. The van der Waals surface area contributed by atoms with Crippen molar-refractivity contribution in [1.82, 2.24) is 5.32 Å². The molecule has 0 aromatic heterocycles. The van der Waals surface area contributed by atoms with Crippen LogP contribution in [0.15, 0.2) is 83.3 Å². The SMILES string of the molecule is COC(=O)C(NC(=O)OCc1ccccc1)C(CCc1ccc(Br)cc1)SCc1ccc(OC)cc1. The van der Waals surface area contributed by atoms with E-state index >= 15 is 0 Å². The number of ether oxygens (including phenoxy) is 3. The Kier molecular flexibility index (Phi) is 11.2. The minimum Gasteiger partial charge on any atom is -0.497 e. The molecule has 0 saturated heterocycles. The number of hydrogen-bond acceptors (Lipinski definition) is 6. The average Bonchev–Trinajstić information content (AvgIpc) is 2.92. The number of alkyl carbamates (subject to hydrolysis) is 1. The van der Waals surface area contributed by atoms with Crippen LogP contribution < -0.4 is 10.1 Å². The molecule has 36 heavy (non-hydrogen) atoms. The molecule has 6 nitrogen and oxygen atoms in total. The van der Waals surface area contributed by atoms with Gasteiger partial charge in [-0.05, 0) is 53.8 Å². The van der Waals surface area contributed by atoms with Crippen molar-refractivity contribution in [3.8, 4) is 5.75 Å². The van der Waals surface area contributed by atoms with Gasteiger partial charge in [-0.15, -0.1) is 0 Å². The fourth-order valence-corrected chi connectivity index (χ4v) is 5.07. The first-order valence-corrected chi connectivity index (χ1v) is 13.4. The Labute approximate surface area is 224 Å². The molecule has 0 spiro atoms. The second-order valence-electron chi connectivity index (χ2n) is 8.07. The van der Waals surface area contributed by atoms with Crippen LogP contribution >= 0.6 is 27.7 Å². The third-order valence-electron chi connectivity index (χ3n) is 5.57. The Morgan fingerprint density at radius 3 is 2.19 bits per heavy atom. The van der Waals surface area contributed by atoms with Gasteiger partial charge in [-0.25, -0.2) is 9.59 Å². The number of hydrogen-bond donors (Lipinski definition) is 1. The second-order valence-corrected chi connectivity index (χ2v) is 10.2. The molecule has 3 aromatic carbocycles. The molecule has 0 fully saturated rings. The molecule has 2 unspecified atom stereocenters. The Hall–Kier alpha value is -2.97. The number of carbonyl (C=O) groups is 2. The molecule has 0 saturated carbocycles. The van der Waals surface area contributed by atoms with Crippen molar-refractivity contribution in [2.24, 2.45) is 0 Å². The number of carbonyl (C=O) groups excluding carboxylic acids is 2. The Balaban J connectivity index is 1.71. The van der Waals surface area contributed by atoms with Crippen molar-refractivity contribution >= 4 is 39.8 Å². The maximum Gasteiger partial charge on any atom is 0.408 e. The molecule has 0 radical (unpaired) electrons. The normalized spacial score (nSPS) is 12.3. The standard InChI is InChI=1S/C28H30BrNO5S/c1-33-24-15-10-22(11-16-24)19-36-25(17-12-20-8-13-23(29)14-9-20)26(27(31)34-2)30-28(32)35-18-21-6-4-3-5-7-21/h3-11,13-16,25-26H,12,17-19H2,1-2H3,(H,30,32). The molecule has 8 heteroatoms. The van der Waals surface area contributed by atoms with Gasteiger partial charge in [0.25, 0.3) is 0 Å². The van der Waals surface area contributed by atoms with E-state index in [0.717, 1.165) is 33.3 Å². The molecule has 3 rings (SSSR count). The monoisotopic (exact) mass is 571 g/mol. The molecular formula is C28H30BrNO5S. The predicted octanol–water partition coefficient (Wildman–Crippen LogP) is 6.16. The fraction of sp³-hybridized carbons (Fsp3) is 0.286. The van der Waals surface area contributed by atoms with E-state index in [0.29, 0.717) is 12.2 Å². The number of rotatable bonds is 12. The number of aryl methyl sites for hydroxylation is 1.